The number of aliphatic hydroxyl groups excluding tert-OH is 1. The lowest BCUT2D eigenvalue weighted by Crippen LogP contribution is -2.31. The van der Waals surface area contributed by atoms with Gasteiger partial charge in [-0.15, -0.1) is 0 Å². The van der Waals surface area contributed by atoms with Gasteiger partial charge >= 0.3 is 0 Å². The van der Waals surface area contributed by atoms with Gasteiger partial charge in [-0.25, -0.2) is 0 Å². The smallest absolute Gasteiger partial charge is 0.0701 e. The van der Waals surface area contributed by atoms with Crippen molar-refractivity contribution < 1.29 is 14.6 Å². The summed E-state index contributed by atoms with van der Waals surface area (Å²) in [5, 5.41) is 8.91. The molecule has 0 aromatic carbocycles. The lowest BCUT2D eigenvalue weighted by Gasteiger charge is -2.45. The van der Waals surface area contributed by atoms with Crippen LogP contribution in [0.15, 0.2) is 0 Å². The van der Waals surface area contributed by atoms with Crippen molar-refractivity contribution in [1.82, 2.24) is 0 Å². The van der Waals surface area contributed by atoms with Gasteiger partial charge in [0.25, 0.3) is 0 Å². The van der Waals surface area contributed by atoms with E-state index in [2.05, 4.69) is 41.5 Å². The van der Waals surface area contributed by atoms with Crippen molar-refractivity contribution >= 4 is 17.8 Å². The second kappa shape index (κ2) is 8.09. The Hall–Kier alpha value is 0.530. The predicted octanol–water partition coefficient (Wildman–Crippen LogP) is 3.09. The first-order valence-corrected chi connectivity index (χ1v) is 9.90. The van der Waals surface area contributed by atoms with Crippen LogP contribution in [0.3, 0.4) is 0 Å². The second-order valence-electron chi connectivity index (χ2n) is 6.75. The van der Waals surface area contributed by atoms with Crippen LogP contribution in [0.5, 0.6) is 0 Å². The summed E-state index contributed by atoms with van der Waals surface area (Å²) >= 11 is 6.06. The number of rotatable bonds is 8. The normalized spacial score (nSPS) is 13.8. The van der Waals surface area contributed by atoms with Gasteiger partial charge in [-0.2, -0.15) is 0 Å². The van der Waals surface area contributed by atoms with Crippen LogP contribution in [0.1, 0.15) is 41.5 Å². The number of ether oxygens (including phenoxy) is 2. The summed E-state index contributed by atoms with van der Waals surface area (Å²) < 4.78 is 10.8. The monoisotopic (exact) mass is 310 g/mol. The number of aliphatic hydroxyl groups is 1. The van der Waals surface area contributed by atoms with Crippen LogP contribution in [0.25, 0.3) is 0 Å². The van der Waals surface area contributed by atoms with E-state index >= 15 is 0 Å². The van der Waals surface area contributed by atoms with E-state index in [1.54, 1.807) is 0 Å². The van der Waals surface area contributed by atoms with Crippen LogP contribution in [0, 0.1) is 0 Å². The molecule has 19 heavy (non-hydrogen) atoms. The SMILES string of the molecule is CC(C)(C)P(=S)(CCOCCOCCO)C(C)(C)C. The summed E-state index contributed by atoms with van der Waals surface area (Å²) in [5.41, 5.74) is 0. The van der Waals surface area contributed by atoms with Gasteiger partial charge in [0.2, 0.25) is 0 Å². The third kappa shape index (κ3) is 6.22. The molecule has 0 fully saturated rings. The van der Waals surface area contributed by atoms with Crippen LogP contribution in [-0.4, -0.2) is 54.6 Å². The highest BCUT2D eigenvalue weighted by atomic mass is 32.4. The highest BCUT2D eigenvalue weighted by Crippen LogP contribution is 2.66. The fraction of sp³-hybridized carbons (Fsp3) is 1.00. The molecule has 0 aliphatic rings. The van der Waals surface area contributed by atoms with E-state index in [-0.39, 0.29) is 16.9 Å². The van der Waals surface area contributed by atoms with Crippen molar-refractivity contribution in [1.29, 1.82) is 0 Å². The molecule has 3 nitrogen and oxygen atoms in total. The van der Waals surface area contributed by atoms with Gasteiger partial charge in [0, 0.05) is 6.16 Å². The van der Waals surface area contributed by atoms with Crippen molar-refractivity contribution in [3.05, 3.63) is 0 Å². The van der Waals surface area contributed by atoms with E-state index in [9.17, 15) is 0 Å². The number of hydrogen-bond donors (Lipinski definition) is 1. The molecule has 0 atom stereocenters. The van der Waals surface area contributed by atoms with Gasteiger partial charge in [-0.3, -0.25) is 0 Å². The molecule has 0 saturated heterocycles. The molecule has 1 N–H and O–H groups in total. The Balaban J connectivity index is 4.22. The molecule has 5 heteroatoms. The van der Waals surface area contributed by atoms with E-state index in [4.69, 9.17) is 26.4 Å². The van der Waals surface area contributed by atoms with Crippen LogP contribution in [0.2, 0.25) is 0 Å². The van der Waals surface area contributed by atoms with Crippen molar-refractivity contribution in [2.45, 2.75) is 51.9 Å². The molecule has 0 aromatic heterocycles. The Morgan fingerprint density at radius 1 is 0.842 bits per heavy atom. The molecule has 0 rings (SSSR count). The van der Waals surface area contributed by atoms with Gasteiger partial charge in [0.15, 0.2) is 0 Å². The standard InChI is InChI=1S/C14H31O3PS/c1-13(2,3)18(19,14(4,5)6)12-11-17-10-9-16-8-7-15/h15H,7-12H2,1-6H3. The average molecular weight is 310 g/mol. The Morgan fingerprint density at radius 3 is 1.63 bits per heavy atom. The molecule has 0 spiro atoms. The fourth-order valence-electron chi connectivity index (χ4n) is 2.26. The fourth-order valence-corrected chi connectivity index (χ4v) is 6.22. The Kier molecular flexibility index (Phi) is 8.32. The summed E-state index contributed by atoms with van der Waals surface area (Å²) in [7, 11) is 0. The van der Waals surface area contributed by atoms with Crippen molar-refractivity contribution in [2.75, 3.05) is 39.2 Å². The molecule has 0 aliphatic carbocycles. The average Bonchev–Trinajstić information content (AvgIpc) is 2.24. The third-order valence-electron chi connectivity index (χ3n) is 3.33. The summed E-state index contributed by atoms with van der Waals surface area (Å²) in [4.78, 5) is 0. The van der Waals surface area contributed by atoms with Gasteiger partial charge in [-0.1, -0.05) is 53.3 Å². The molecule has 0 saturated carbocycles. The Bertz CT molecular complexity index is 274. The van der Waals surface area contributed by atoms with Gasteiger partial charge in [0.05, 0.1) is 33.0 Å². The molecule has 0 bridgehead atoms. The van der Waals surface area contributed by atoms with E-state index in [0.29, 0.717) is 26.4 Å². The highest BCUT2D eigenvalue weighted by molar-refractivity contribution is 8.16. The molecule has 0 radical (unpaired) electrons. The molecule has 0 amide bonds. The zero-order chi connectivity index (χ0) is 15.2. The van der Waals surface area contributed by atoms with Gasteiger partial charge in [0.1, 0.15) is 0 Å². The lowest BCUT2D eigenvalue weighted by atomic mass is 10.2. The Labute approximate surface area is 124 Å². The maximum Gasteiger partial charge on any atom is 0.0701 e. The highest BCUT2D eigenvalue weighted by Gasteiger charge is 2.40. The molecule has 0 aromatic rings. The van der Waals surface area contributed by atoms with Crippen LogP contribution < -0.4 is 0 Å². The quantitative estimate of drug-likeness (QED) is 0.552. The zero-order valence-electron chi connectivity index (χ0n) is 13.4. The minimum atomic E-state index is -1.52. The van der Waals surface area contributed by atoms with Crippen molar-refractivity contribution in [2.24, 2.45) is 0 Å². The minimum absolute atomic E-state index is 0.0643. The van der Waals surface area contributed by atoms with Crippen molar-refractivity contribution in [3.63, 3.8) is 0 Å². The zero-order valence-corrected chi connectivity index (χ0v) is 15.1. The number of hydrogen-bond acceptors (Lipinski definition) is 4. The minimum Gasteiger partial charge on any atom is -0.394 e. The molecule has 0 unspecified atom stereocenters. The third-order valence-corrected chi connectivity index (χ3v) is 12.3. The first kappa shape index (κ1) is 19.5. The van der Waals surface area contributed by atoms with E-state index in [1.807, 2.05) is 0 Å². The first-order valence-electron chi connectivity index (χ1n) is 6.92. The largest absolute Gasteiger partial charge is 0.394 e. The van der Waals surface area contributed by atoms with Crippen LogP contribution in [0.4, 0.5) is 0 Å². The predicted molar refractivity (Wildman–Crippen MR) is 87.4 cm³/mol. The molecular formula is C14H31O3PS. The van der Waals surface area contributed by atoms with E-state index in [1.165, 1.54) is 0 Å². The second-order valence-corrected chi connectivity index (χ2v) is 13.2. The summed E-state index contributed by atoms with van der Waals surface area (Å²) in [6.45, 7) is 15.8. The van der Waals surface area contributed by atoms with Crippen molar-refractivity contribution in [3.8, 4) is 0 Å². The maximum atomic E-state index is 8.58. The van der Waals surface area contributed by atoms with Gasteiger partial charge < -0.3 is 14.6 Å². The topological polar surface area (TPSA) is 38.7 Å². The van der Waals surface area contributed by atoms with Gasteiger partial charge in [-0.05, 0) is 16.3 Å². The maximum absolute atomic E-state index is 8.58. The summed E-state index contributed by atoms with van der Waals surface area (Å²) in [6.07, 6.45) is 0.968. The summed E-state index contributed by atoms with van der Waals surface area (Å²) in [5.74, 6) is 0. The molecular weight excluding hydrogens is 279 g/mol. The van der Waals surface area contributed by atoms with E-state index in [0.717, 1.165) is 6.16 Å². The molecule has 116 valence electrons. The van der Waals surface area contributed by atoms with E-state index < -0.39 is 6.04 Å². The molecule has 0 aliphatic heterocycles. The Morgan fingerprint density at radius 2 is 1.26 bits per heavy atom. The lowest BCUT2D eigenvalue weighted by molar-refractivity contribution is 0.0375. The van der Waals surface area contributed by atoms with Crippen LogP contribution >= 0.6 is 6.04 Å². The summed E-state index contributed by atoms with van der Waals surface area (Å²) in [6, 6.07) is -1.52. The van der Waals surface area contributed by atoms with Crippen LogP contribution in [-0.2, 0) is 21.3 Å². The first-order chi connectivity index (χ1) is 8.56. The molecule has 0 heterocycles.